The maximum absolute atomic E-state index is 13.8. The third kappa shape index (κ3) is 2.40. The average Bonchev–Trinajstić information content (AvgIpc) is 2.89. The monoisotopic (exact) mass is 354 g/mol. The number of rotatable bonds is 2. The summed E-state index contributed by atoms with van der Waals surface area (Å²) in [4.78, 5) is 4.08. The van der Waals surface area contributed by atoms with E-state index in [4.69, 9.17) is 44.6 Å². The Morgan fingerprint density at radius 2 is 1.95 bits per heavy atom. The van der Waals surface area contributed by atoms with E-state index in [2.05, 4.69) is 4.98 Å². The summed E-state index contributed by atoms with van der Waals surface area (Å²) < 4.78 is 20.5. The molecule has 0 spiro atoms. The molecule has 0 radical (unpaired) electrons. The van der Waals surface area contributed by atoms with Crippen LogP contribution in [0.25, 0.3) is 11.0 Å². The molecule has 0 amide bonds. The minimum absolute atomic E-state index is 0.00169. The Hall–Kier alpha value is -0.630. The van der Waals surface area contributed by atoms with Crippen molar-refractivity contribution in [3.05, 3.63) is 27.5 Å². The lowest BCUT2D eigenvalue weighted by molar-refractivity contribution is -0.0491. The quantitative estimate of drug-likeness (QED) is 0.869. The molecule has 114 valence electrons. The molecule has 1 fully saturated rings. The Morgan fingerprint density at radius 1 is 1.29 bits per heavy atom. The number of hydrogen-bond donors (Lipinski definition) is 2. The molecule has 5 nitrogen and oxygen atoms in total. The van der Waals surface area contributed by atoms with Gasteiger partial charge in [0.05, 0.1) is 27.7 Å². The van der Waals surface area contributed by atoms with E-state index in [-0.39, 0.29) is 10.3 Å². The number of nitrogens with zero attached hydrogens (tertiary/aromatic N) is 2. The van der Waals surface area contributed by atoms with Crippen LogP contribution in [0.15, 0.2) is 12.1 Å². The largest absolute Gasteiger partial charge is 0.394 e. The van der Waals surface area contributed by atoms with Crippen molar-refractivity contribution in [2.45, 2.75) is 24.6 Å². The van der Waals surface area contributed by atoms with Crippen LogP contribution >= 0.6 is 34.8 Å². The summed E-state index contributed by atoms with van der Waals surface area (Å²) >= 11 is 17.9. The second kappa shape index (κ2) is 5.53. The maximum Gasteiger partial charge on any atom is 0.206 e. The topological polar surface area (TPSA) is 67.5 Å². The maximum atomic E-state index is 13.8. The minimum Gasteiger partial charge on any atom is -0.394 e. The molecule has 1 aromatic heterocycles. The van der Waals surface area contributed by atoms with Gasteiger partial charge in [-0.1, -0.05) is 23.2 Å². The van der Waals surface area contributed by atoms with Gasteiger partial charge in [0.1, 0.15) is 12.2 Å². The highest BCUT2D eigenvalue weighted by molar-refractivity contribution is 6.42. The molecule has 2 heterocycles. The number of benzene rings is 1. The molecule has 1 aliphatic heterocycles. The molecule has 3 rings (SSSR count). The summed E-state index contributed by atoms with van der Waals surface area (Å²) in [7, 11) is 0. The van der Waals surface area contributed by atoms with Gasteiger partial charge in [0, 0.05) is 0 Å². The van der Waals surface area contributed by atoms with Crippen LogP contribution in [0.2, 0.25) is 15.3 Å². The Labute approximate surface area is 133 Å². The van der Waals surface area contributed by atoms with E-state index < -0.39 is 31.2 Å². The molecule has 2 N–H and O–H groups in total. The van der Waals surface area contributed by atoms with Gasteiger partial charge in [-0.05, 0) is 23.7 Å². The van der Waals surface area contributed by atoms with Crippen LogP contribution in [0.3, 0.4) is 0 Å². The number of ether oxygens (including phenoxy) is 1. The van der Waals surface area contributed by atoms with E-state index in [1.807, 2.05) is 0 Å². The fraction of sp³-hybridized carbons (Fsp3) is 0.417. The van der Waals surface area contributed by atoms with E-state index >= 15 is 0 Å². The third-order valence-corrected chi connectivity index (χ3v) is 4.40. The van der Waals surface area contributed by atoms with E-state index in [0.717, 1.165) is 0 Å². The minimum atomic E-state index is -1.73. The van der Waals surface area contributed by atoms with Crippen molar-refractivity contribution in [3.8, 4) is 0 Å². The first-order valence-electron chi connectivity index (χ1n) is 6.05. The lowest BCUT2D eigenvalue weighted by Crippen LogP contribution is -2.29. The number of aromatic nitrogens is 2. The highest BCUT2D eigenvalue weighted by atomic mass is 35.5. The molecular weight excluding hydrogens is 346 g/mol. The van der Waals surface area contributed by atoms with Gasteiger partial charge < -0.3 is 14.9 Å². The molecular formula is C12H10Cl3FN2O3. The second-order valence-electron chi connectivity index (χ2n) is 4.69. The van der Waals surface area contributed by atoms with E-state index in [1.165, 1.54) is 16.7 Å². The second-order valence-corrected chi connectivity index (χ2v) is 5.84. The predicted octanol–water partition coefficient (Wildman–Crippen LogP) is 2.59. The van der Waals surface area contributed by atoms with Crippen molar-refractivity contribution in [3.63, 3.8) is 0 Å². The van der Waals surface area contributed by atoms with Crippen LogP contribution in [0.4, 0.5) is 4.39 Å². The summed E-state index contributed by atoms with van der Waals surface area (Å²) in [6.45, 7) is -0.550. The van der Waals surface area contributed by atoms with Gasteiger partial charge in [0.2, 0.25) is 5.28 Å². The number of hydrogen-bond acceptors (Lipinski definition) is 4. The third-order valence-electron chi connectivity index (χ3n) is 3.41. The first-order chi connectivity index (χ1) is 9.93. The van der Waals surface area contributed by atoms with Crippen molar-refractivity contribution < 1.29 is 19.3 Å². The lowest BCUT2D eigenvalue weighted by Gasteiger charge is -2.17. The van der Waals surface area contributed by atoms with E-state index in [1.54, 1.807) is 0 Å². The first-order valence-corrected chi connectivity index (χ1v) is 7.18. The number of aliphatic hydroxyl groups is 2. The normalized spacial score (nSPS) is 29.4. The van der Waals surface area contributed by atoms with E-state index in [9.17, 15) is 9.50 Å². The highest BCUT2D eigenvalue weighted by Crippen LogP contribution is 2.37. The molecule has 1 aromatic carbocycles. The molecule has 21 heavy (non-hydrogen) atoms. The van der Waals surface area contributed by atoms with Crippen molar-refractivity contribution >= 4 is 45.8 Å². The number of alkyl halides is 1. The van der Waals surface area contributed by atoms with Gasteiger partial charge >= 0.3 is 0 Å². The van der Waals surface area contributed by atoms with Gasteiger partial charge in [-0.25, -0.2) is 9.37 Å². The molecule has 4 atom stereocenters. The number of fused-ring (bicyclic) bond motifs is 1. The Bertz CT molecular complexity index is 696. The number of imidazole rings is 1. The van der Waals surface area contributed by atoms with Crippen LogP contribution in [-0.2, 0) is 4.74 Å². The van der Waals surface area contributed by atoms with Gasteiger partial charge in [-0.2, -0.15) is 0 Å². The Balaban J connectivity index is 2.12. The number of aliphatic hydroxyl groups excluding tert-OH is 2. The summed E-state index contributed by atoms with van der Waals surface area (Å²) in [5.74, 6) is 0. The Kier molecular flexibility index (Phi) is 4.02. The SMILES string of the molecule is OC[C@H]1O[C@@H](n2c(Cl)nc3cc(Cl)c(Cl)cc32)C(O)[C@@H]1F. The molecule has 9 heteroatoms. The van der Waals surface area contributed by atoms with Crippen molar-refractivity contribution in [1.82, 2.24) is 9.55 Å². The van der Waals surface area contributed by atoms with Crippen LogP contribution in [-0.4, -0.2) is 44.8 Å². The summed E-state index contributed by atoms with van der Waals surface area (Å²) in [6, 6.07) is 3.02. The number of halogens is 4. The lowest BCUT2D eigenvalue weighted by atomic mass is 10.1. The fourth-order valence-corrected chi connectivity index (χ4v) is 2.97. The zero-order valence-electron chi connectivity index (χ0n) is 10.4. The predicted molar refractivity (Wildman–Crippen MR) is 76.7 cm³/mol. The molecule has 1 unspecified atom stereocenters. The molecule has 2 aromatic rings. The first kappa shape index (κ1) is 15.3. The summed E-state index contributed by atoms with van der Waals surface area (Å²) in [5, 5.41) is 19.6. The van der Waals surface area contributed by atoms with Crippen molar-refractivity contribution in [1.29, 1.82) is 0 Å². The molecule has 1 saturated heterocycles. The fourth-order valence-electron chi connectivity index (χ4n) is 2.37. The summed E-state index contributed by atoms with van der Waals surface area (Å²) in [6.07, 6.45) is -5.43. The van der Waals surface area contributed by atoms with Gasteiger partial charge in [-0.15, -0.1) is 0 Å². The average molecular weight is 356 g/mol. The molecule has 0 aliphatic carbocycles. The van der Waals surface area contributed by atoms with Crippen molar-refractivity contribution in [2.75, 3.05) is 6.61 Å². The zero-order chi connectivity index (χ0) is 15.3. The highest BCUT2D eigenvalue weighted by Gasteiger charge is 2.45. The Morgan fingerprint density at radius 3 is 2.57 bits per heavy atom. The van der Waals surface area contributed by atoms with Crippen LogP contribution in [0.1, 0.15) is 6.23 Å². The molecule has 1 aliphatic rings. The standard InChI is InChI=1S/C12H10Cl3FN2O3/c13-4-1-6-7(2-5(4)14)18(12(15)17-6)11-10(20)9(16)8(3-19)21-11/h1-2,8-11,19-20H,3H2/t8-,9-,10?,11-/m1/s1. The zero-order valence-corrected chi connectivity index (χ0v) is 12.6. The van der Waals surface area contributed by atoms with E-state index in [0.29, 0.717) is 16.1 Å². The van der Waals surface area contributed by atoms with Gasteiger partial charge in [0.25, 0.3) is 0 Å². The molecule has 0 saturated carbocycles. The van der Waals surface area contributed by atoms with Crippen molar-refractivity contribution in [2.24, 2.45) is 0 Å². The van der Waals surface area contributed by atoms with Gasteiger partial charge in [0.15, 0.2) is 12.4 Å². The smallest absolute Gasteiger partial charge is 0.206 e. The summed E-state index contributed by atoms with van der Waals surface area (Å²) in [5.41, 5.74) is 0.886. The molecule has 0 bridgehead atoms. The van der Waals surface area contributed by atoms with Crippen LogP contribution < -0.4 is 0 Å². The van der Waals surface area contributed by atoms with Crippen LogP contribution in [0.5, 0.6) is 0 Å². The van der Waals surface area contributed by atoms with Gasteiger partial charge in [-0.3, -0.25) is 4.57 Å². The van der Waals surface area contributed by atoms with Crippen LogP contribution in [0, 0.1) is 0 Å².